The van der Waals surface area contributed by atoms with Gasteiger partial charge in [-0.2, -0.15) is 0 Å². The Hall–Kier alpha value is -3.07. The Morgan fingerprint density at radius 2 is 1.62 bits per heavy atom. The molecule has 0 aromatic heterocycles. The molecule has 0 fully saturated rings. The molecular formula is C27H29Cl2N3O4S. The second-order valence-corrected chi connectivity index (χ2v) is 11.1. The number of hydrogen-bond acceptors (Lipinski definition) is 4. The minimum absolute atomic E-state index is 0.0310. The van der Waals surface area contributed by atoms with Gasteiger partial charge in [0.05, 0.1) is 10.6 Å². The highest BCUT2D eigenvalue weighted by molar-refractivity contribution is 7.92. The first-order valence-corrected chi connectivity index (χ1v) is 13.9. The molecule has 7 nitrogen and oxygen atoms in total. The quantitative estimate of drug-likeness (QED) is 0.375. The van der Waals surface area contributed by atoms with Gasteiger partial charge in [-0.1, -0.05) is 66.5 Å². The summed E-state index contributed by atoms with van der Waals surface area (Å²) in [5.41, 5.74) is 1.53. The molecule has 0 bridgehead atoms. The Morgan fingerprint density at radius 3 is 2.22 bits per heavy atom. The molecule has 0 heterocycles. The van der Waals surface area contributed by atoms with E-state index in [2.05, 4.69) is 5.32 Å². The molecule has 0 radical (unpaired) electrons. The van der Waals surface area contributed by atoms with E-state index in [1.165, 1.54) is 24.1 Å². The van der Waals surface area contributed by atoms with E-state index in [0.29, 0.717) is 33.3 Å². The lowest BCUT2D eigenvalue weighted by Crippen LogP contribution is -2.51. The number of nitrogens with one attached hydrogen (secondary N) is 1. The summed E-state index contributed by atoms with van der Waals surface area (Å²) in [5.74, 6) is -0.910. The van der Waals surface area contributed by atoms with Gasteiger partial charge in [-0.3, -0.25) is 13.9 Å². The number of halogens is 2. The molecule has 0 aliphatic carbocycles. The van der Waals surface area contributed by atoms with Crippen LogP contribution in [0.15, 0.2) is 77.7 Å². The summed E-state index contributed by atoms with van der Waals surface area (Å²) >= 11 is 12.5. The van der Waals surface area contributed by atoms with Gasteiger partial charge in [0.15, 0.2) is 0 Å². The summed E-state index contributed by atoms with van der Waals surface area (Å²) < 4.78 is 28.6. The molecule has 3 rings (SSSR count). The fourth-order valence-corrected chi connectivity index (χ4v) is 5.95. The van der Waals surface area contributed by atoms with Gasteiger partial charge in [0.25, 0.3) is 10.0 Å². The maximum absolute atomic E-state index is 13.9. The fraction of sp³-hybridized carbons (Fsp3) is 0.259. The lowest BCUT2D eigenvalue weighted by molar-refractivity contribution is -0.140. The summed E-state index contributed by atoms with van der Waals surface area (Å²) in [6, 6.07) is 18.8. The van der Waals surface area contributed by atoms with E-state index < -0.39 is 28.5 Å². The Morgan fingerprint density at radius 1 is 0.973 bits per heavy atom. The predicted octanol–water partition coefficient (Wildman–Crippen LogP) is 5.05. The highest BCUT2D eigenvalue weighted by Gasteiger charge is 2.34. The molecule has 0 aliphatic heterocycles. The number of hydrogen-bond donors (Lipinski definition) is 1. The van der Waals surface area contributed by atoms with Crippen molar-refractivity contribution >= 4 is 50.7 Å². The van der Waals surface area contributed by atoms with E-state index in [0.717, 1.165) is 4.31 Å². The molecule has 10 heteroatoms. The Kier molecular flexibility index (Phi) is 9.59. The van der Waals surface area contributed by atoms with Gasteiger partial charge in [0.1, 0.15) is 12.6 Å². The molecule has 0 saturated carbocycles. The number of anilines is 1. The van der Waals surface area contributed by atoms with Gasteiger partial charge in [-0.25, -0.2) is 8.42 Å². The number of benzene rings is 3. The zero-order chi connectivity index (χ0) is 27.2. The first-order chi connectivity index (χ1) is 17.6. The maximum Gasteiger partial charge on any atom is 0.264 e. The summed E-state index contributed by atoms with van der Waals surface area (Å²) in [4.78, 5) is 28.0. The van der Waals surface area contributed by atoms with Gasteiger partial charge < -0.3 is 10.2 Å². The van der Waals surface area contributed by atoms with Gasteiger partial charge >= 0.3 is 0 Å². The minimum Gasteiger partial charge on any atom is -0.357 e. The molecule has 0 saturated heterocycles. The number of carbonyl (C=O) groups excluding carboxylic acids is 2. The smallest absolute Gasteiger partial charge is 0.264 e. The SMILES string of the molecule is CC[C@H](C(=O)NC)N(Cc1ccccc1Cl)C(=O)CN(c1ccc(Cl)cc1C)S(=O)(=O)c1ccccc1. The zero-order valence-corrected chi connectivity index (χ0v) is 23.1. The number of likely N-dealkylation sites (N-methyl/N-ethyl adjacent to an activating group) is 1. The topological polar surface area (TPSA) is 86.8 Å². The molecule has 3 aromatic rings. The van der Waals surface area contributed by atoms with Crippen LogP contribution in [0.5, 0.6) is 0 Å². The van der Waals surface area contributed by atoms with Crippen LogP contribution in [-0.4, -0.2) is 44.8 Å². The molecule has 0 unspecified atom stereocenters. The normalized spacial score (nSPS) is 12.0. The third kappa shape index (κ3) is 6.63. The van der Waals surface area contributed by atoms with Crippen molar-refractivity contribution in [3.63, 3.8) is 0 Å². The van der Waals surface area contributed by atoms with Gasteiger partial charge in [-0.05, 0) is 60.9 Å². The highest BCUT2D eigenvalue weighted by Crippen LogP contribution is 2.29. The van der Waals surface area contributed by atoms with E-state index in [1.807, 2.05) is 0 Å². The predicted molar refractivity (Wildman–Crippen MR) is 147 cm³/mol. The molecule has 3 aromatic carbocycles. The van der Waals surface area contributed by atoms with Gasteiger partial charge in [0.2, 0.25) is 11.8 Å². The van der Waals surface area contributed by atoms with Crippen molar-refractivity contribution in [2.24, 2.45) is 0 Å². The van der Waals surface area contributed by atoms with Crippen LogP contribution in [0.2, 0.25) is 10.0 Å². The maximum atomic E-state index is 13.9. The second kappa shape index (κ2) is 12.4. The van der Waals surface area contributed by atoms with E-state index in [1.54, 1.807) is 74.5 Å². The van der Waals surface area contributed by atoms with Crippen LogP contribution in [-0.2, 0) is 26.2 Å². The van der Waals surface area contributed by atoms with Crippen molar-refractivity contribution in [1.29, 1.82) is 0 Å². The first kappa shape index (κ1) is 28.5. The van der Waals surface area contributed by atoms with E-state index in [-0.39, 0.29) is 17.3 Å². The van der Waals surface area contributed by atoms with Crippen LogP contribution in [0.4, 0.5) is 5.69 Å². The lowest BCUT2D eigenvalue weighted by atomic mass is 10.1. The Labute approximate surface area is 228 Å². The van der Waals surface area contributed by atoms with E-state index in [9.17, 15) is 18.0 Å². The summed E-state index contributed by atoms with van der Waals surface area (Å²) in [6.07, 6.45) is 0.321. The summed E-state index contributed by atoms with van der Waals surface area (Å²) in [5, 5.41) is 3.48. The van der Waals surface area contributed by atoms with Gasteiger partial charge in [0, 0.05) is 23.6 Å². The Bertz CT molecular complexity index is 1370. The average molecular weight is 563 g/mol. The summed E-state index contributed by atoms with van der Waals surface area (Å²) in [7, 11) is -2.65. The molecule has 37 heavy (non-hydrogen) atoms. The van der Waals surface area contributed by atoms with Crippen LogP contribution in [0, 0.1) is 6.92 Å². The standard InChI is InChI=1S/C27H29Cl2N3O4S/c1-4-24(27(34)30-3)31(17-20-10-8-9-13-23(20)29)26(33)18-32(25-15-14-21(28)16-19(25)2)37(35,36)22-11-6-5-7-12-22/h5-16,24H,4,17-18H2,1-3H3,(H,30,34)/t24-/m1/s1. The first-order valence-electron chi connectivity index (χ1n) is 11.7. The number of carbonyl (C=O) groups is 2. The number of sulfonamides is 1. The van der Waals surface area contributed by atoms with Crippen molar-refractivity contribution < 1.29 is 18.0 Å². The number of rotatable bonds is 10. The van der Waals surface area contributed by atoms with Crippen molar-refractivity contribution in [3.8, 4) is 0 Å². The number of nitrogens with zero attached hydrogens (tertiary/aromatic N) is 2. The van der Waals surface area contributed by atoms with Crippen LogP contribution in [0.1, 0.15) is 24.5 Å². The average Bonchev–Trinajstić information content (AvgIpc) is 2.88. The van der Waals surface area contributed by atoms with Crippen LogP contribution in [0.25, 0.3) is 0 Å². The molecule has 1 atom stereocenters. The zero-order valence-electron chi connectivity index (χ0n) is 20.8. The third-order valence-electron chi connectivity index (χ3n) is 5.97. The largest absolute Gasteiger partial charge is 0.357 e. The number of aryl methyl sites for hydroxylation is 1. The van der Waals surface area contributed by atoms with Gasteiger partial charge in [-0.15, -0.1) is 0 Å². The van der Waals surface area contributed by atoms with Crippen molar-refractivity contribution in [2.45, 2.75) is 37.8 Å². The van der Waals surface area contributed by atoms with Crippen molar-refractivity contribution in [2.75, 3.05) is 17.9 Å². The molecule has 2 amide bonds. The molecule has 196 valence electrons. The van der Waals surface area contributed by atoms with Crippen molar-refractivity contribution in [1.82, 2.24) is 10.2 Å². The fourth-order valence-electron chi connectivity index (χ4n) is 4.03. The third-order valence-corrected chi connectivity index (χ3v) is 8.35. The Balaban J connectivity index is 2.10. The van der Waals surface area contributed by atoms with Crippen LogP contribution in [0.3, 0.4) is 0 Å². The van der Waals surface area contributed by atoms with E-state index >= 15 is 0 Å². The monoisotopic (exact) mass is 561 g/mol. The molecule has 1 N–H and O–H groups in total. The van der Waals surface area contributed by atoms with E-state index in [4.69, 9.17) is 23.2 Å². The lowest BCUT2D eigenvalue weighted by Gasteiger charge is -2.33. The second-order valence-electron chi connectivity index (χ2n) is 8.41. The summed E-state index contributed by atoms with van der Waals surface area (Å²) in [6.45, 7) is 3.01. The van der Waals surface area contributed by atoms with Crippen LogP contribution >= 0.6 is 23.2 Å². The molecule has 0 aliphatic rings. The molecule has 0 spiro atoms. The molecular weight excluding hydrogens is 533 g/mol. The van der Waals surface area contributed by atoms with Crippen LogP contribution < -0.4 is 9.62 Å². The number of amides is 2. The minimum atomic E-state index is -4.14. The van der Waals surface area contributed by atoms with Crippen molar-refractivity contribution in [3.05, 3.63) is 94.0 Å². The highest BCUT2D eigenvalue weighted by atomic mass is 35.5.